The van der Waals surface area contributed by atoms with E-state index in [0.717, 1.165) is 27.3 Å². The molecule has 0 unspecified atom stereocenters. The molecular formula is C19H21N3O3S. The van der Waals surface area contributed by atoms with Gasteiger partial charge in [-0.1, -0.05) is 17.7 Å². The van der Waals surface area contributed by atoms with Crippen molar-refractivity contribution in [3.05, 3.63) is 58.7 Å². The van der Waals surface area contributed by atoms with Crippen molar-refractivity contribution in [3.63, 3.8) is 0 Å². The summed E-state index contributed by atoms with van der Waals surface area (Å²) in [6, 6.07) is 12.1. The third kappa shape index (κ3) is 4.61. The average Bonchev–Trinajstić information content (AvgIpc) is 2.53. The minimum atomic E-state index is -3.64. The molecule has 0 aromatic heterocycles. The van der Waals surface area contributed by atoms with E-state index in [4.69, 9.17) is 5.26 Å². The SMILES string of the molecule is Cc1cc(C)c(N(CC(=O)Nc2ccc(C#N)cc2)S(C)(=O)=O)c(C)c1. The summed E-state index contributed by atoms with van der Waals surface area (Å²) in [6.45, 7) is 5.26. The minimum absolute atomic E-state index is 0.330. The van der Waals surface area contributed by atoms with Gasteiger partial charge < -0.3 is 5.32 Å². The van der Waals surface area contributed by atoms with Gasteiger partial charge in [-0.3, -0.25) is 9.10 Å². The Labute approximate surface area is 154 Å². The number of aryl methyl sites for hydroxylation is 3. The summed E-state index contributed by atoms with van der Waals surface area (Å²) in [5.74, 6) is -0.459. The summed E-state index contributed by atoms with van der Waals surface area (Å²) in [6.07, 6.45) is 1.08. The smallest absolute Gasteiger partial charge is 0.245 e. The molecule has 0 aliphatic heterocycles. The van der Waals surface area contributed by atoms with Gasteiger partial charge in [-0.2, -0.15) is 5.26 Å². The maximum Gasteiger partial charge on any atom is 0.245 e. The molecule has 0 radical (unpaired) electrons. The number of anilines is 2. The first kappa shape index (κ1) is 19.5. The fourth-order valence-electron chi connectivity index (χ4n) is 2.89. The maximum absolute atomic E-state index is 12.4. The lowest BCUT2D eigenvalue weighted by Gasteiger charge is -2.26. The number of amides is 1. The lowest BCUT2D eigenvalue weighted by atomic mass is 10.1. The molecule has 26 heavy (non-hydrogen) atoms. The zero-order chi connectivity index (χ0) is 19.5. The fraction of sp³-hybridized carbons (Fsp3) is 0.263. The zero-order valence-electron chi connectivity index (χ0n) is 15.2. The fourth-order valence-corrected chi connectivity index (χ4v) is 3.86. The molecular weight excluding hydrogens is 350 g/mol. The van der Waals surface area contributed by atoms with Crippen molar-refractivity contribution in [1.82, 2.24) is 0 Å². The quantitative estimate of drug-likeness (QED) is 0.875. The molecule has 1 N–H and O–H groups in total. The highest BCUT2D eigenvalue weighted by Gasteiger charge is 2.24. The Morgan fingerprint density at radius 1 is 1.12 bits per heavy atom. The van der Waals surface area contributed by atoms with Gasteiger partial charge in [0.2, 0.25) is 15.9 Å². The van der Waals surface area contributed by atoms with E-state index in [-0.39, 0.29) is 6.54 Å². The first-order chi connectivity index (χ1) is 12.1. The van der Waals surface area contributed by atoms with Crippen LogP contribution in [-0.2, 0) is 14.8 Å². The molecule has 6 nitrogen and oxygen atoms in total. The summed E-state index contributed by atoms with van der Waals surface area (Å²) in [4.78, 5) is 12.4. The second-order valence-corrected chi connectivity index (χ2v) is 8.16. The minimum Gasteiger partial charge on any atom is -0.325 e. The largest absolute Gasteiger partial charge is 0.325 e. The molecule has 2 aromatic rings. The van der Waals surface area contributed by atoms with Crippen LogP contribution < -0.4 is 9.62 Å². The Bertz CT molecular complexity index is 951. The molecule has 7 heteroatoms. The Morgan fingerprint density at radius 2 is 1.65 bits per heavy atom. The topological polar surface area (TPSA) is 90.3 Å². The van der Waals surface area contributed by atoms with Crippen LogP contribution in [0.25, 0.3) is 0 Å². The molecule has 2 aromatic carbocycles. The lowest BCUT2D eigenvalue weighted by molar-refractivity contribution is -0.114. The van der Waals surface area contributed by atoms with E-state index in [1.807, 2.05) is 39.0 Å². The van der Waals surface area contributed by atoms with Gasteiger partial charge in [0.05, 0.1) is 23.6 Å². The van der Waals surface area contributed by atoms with Crippen molar-refractivity contribution in [2.75, 3.05) is 22.4 Å². The van der Waals surface area contributed by atoms with Gasteiger partial charge in [0.25, 0.3) is 0 Å². The second kappa shape index (κ2) is 7.58. The van der Waals surface area contributed by atoms with E-state index >= 15 is 0 Å². The Morgan fingerprint density at radius 3 is 2.12 bits per heavy atom. The molecule has 0 heterocycles. The van der Waals surface area contributed by atoms with Gasteiger partial charge in [-0.25, -0.2) is 8.42 Å². The highest BCUT2D eigenvalue weighted by atomic mass is 32.2. The lowest BCUT2D eigenvalue weighted by Crippen LogP contribution is -2.38. The van der Waals surface area contributed by atoms with Gasteiger partial charge in [-0.05, 0) is 56.2 Å². The van der Waals surface area contributed by atoms with Crippen molar-refractivity contribution in [2.24, 2.45) is 0 Å². The van der Waals surface area contributed by atoms with Crippen LogP contribution in [0.4, 0.5) is 11.4 Å². The number of hydrogen-bond acceptors (Lipinski definition) is 4. The predicted octanol–water partition coefficient (Wildman–Crippen LogP) is 2.89. The monoisotopic (exact) mass is 371 g/mol. The number of carbonyl (C=O) groups is 1. The molecule has 136 valence electrons. The molecule has 0 spiro atoms. The van der Waals surface area contributed by atoms with Gasteiger partial charge in [0.15, 0.2) is 0 Å². The van der Waals surface area contributed by atoms with E-state index in [1.54, 1.807) is 24.3 Å². The van der Waals surface area contributed by atoms with E-state index in [0.29, 0.717) is 16.9 Å². The van der Waals surface area contributed by atoms with Crippen LogP contribution in [-0.4, -0.2) is 27.1 Å². The second-order valence-electron chi connectivity index (χ2n) is 6.25. The van der Waals surface area contributed by atoms with Gasteiger partial charge in [0, 0.05) is 5.69 Å². The van der Waals surface area contributed by atoms with Crippen LogP contribution in [0.5, 0.6) is 0 Å². The summed E-state index contributed by atoms with van der Waals surface area (Å²) >= 11 is 0. The van der Waals surface area contributed by atoms with Crippen LogP contribution >= 0.6 is 0 Å². The van der Waals surface area contributed by atoms with Crippen LogP contribution in [0.1, 0.15) is 22.3 Å². The summed E-state index contributed by atoms with van der Waals surface area (Å²) in [5, 5.41) is 11.5. The van der Waals surface area contributed by atoms with Crippen LogP contribution in [0.15, 0.2) is 36.4 Å². The van der Waals surface area contributed by atoms with Crippen molar-refractivity contribution in [3.8, 4) is 6.07 Å². The molecule has 0 atom stereocenters. The number of nitrogens with one attached hydrogen (secondary N) is 1. The zero-order valence-corrected chi connectivity index (χ0v) is 16.0. The summed E-state index contributed by atoms with van der Waals surface area (Å²) < 4.78 is 25.7. The van der Waals surface area contributed by atoms with Crippen LogP contribution in [0.2, 0.25) is 0 Å². The summed E-state index contributed by atoms with van der Waals surface area (Å²) in [7, 11) is -3.64. The van der Waals surface area contributed by atoms with Gasteiger partial charge in [0.1, 0.15) is 6.54 Å². The Hall–Kier alpha value is -2.85. The highest BCUT2D eigenvalue weighted by molar-refractivity contribution is 7.92. The maximum atomic E-state index is 12.4. The third-order valence-corrected chi connectivity index (χ3v) is 4.98. The molecule has 0 bridgehead atoms. The molecule has 2 rings (SSSR count). The number of nitriles is 1. The Balaban J connectivity index is 2.29. The number of nitrogens with zero attached hydrogens (tertiary/aromatic N) is 2. The number of rotatable bonds is 5. The third-order valence-electron chi connectivity index (χ3n) is 3.87. The standard InChI is InChI=1S/C19H21N3O3S/c1-13-9-14(2)19(15(3)10-13)22(26(4,24)25)12-18(23)21-17-7-5-16(11-20)6-8-17/h5-10H,12H2,1-4H3,(H,21,23). The average molecular weight is 371 g/mol. The van der Waals surface area contributed by atoms with Gasteiger partial charge in [-0.15, -0.1) is 0 Å². The summed E-state index contributed by atoms with van der Waals surface area (Å²) in [5.41, 5.74) is 4.11. The highest BCUT2D eigenvalue weighted by Crippen LogP contribution is 2.28. The van der Waals surface area contributed by atoms with E-state index in [1.165, 1.54) is 0 Å². The normalized spacial score (nSPS) is 10.9. The van der Waals surface area contributed by atoms with Crippen LogP contribution in [0, 0.1) is 32.1 Å². The first-order valence-electron chi connectivity index (χ1n) is 7.97. The predicted molar refractivity (Wildman–Crippen MR) is 103 cm³/mol. The first-order valence-corrected chi connectivity index (χ1v) is 9.82. The van der Waals surface area contributed by atoms with Gasteiger partial charge >= 0.3 is 0 Å². The van der Waals surface area contributed by atoms with Crippen LogP contribution in [0.3, 0.4) is 0 Å². The van der Waals surface area contributed by atoms with Crippen molar-refractivity contribution in [1.29, 1.82) is 5.26 Å². The van der Waals surface area contributed by atoms with E-state index in [2.05, 4.69) is 5.32 Å². The number of carbonyl (C=O) groups excluding carboxylic acids is 1. The molecule has 1 amide bonds. The number of benzene rings is 2. The number of sulfonamides is 1. The van der Waals surface area contributed by atoms with E-state index < -0.39 is 15.9 Å². The molecule has 0 saturated carbocycles. The van der Waals surface area contributed by atoms with E-state index in [9.17, 15) is 13.2 Å². The number of hydrogen-bond donors (Lipinski definition) is 1. The molecule has 0 aliphatic rings. The molecule has 0 fully saturated rings. The van der Waals surface area contributed by atoms with Crippen molar-refractivity contribution in [2.45, 2.75) is 20.8 Å². The Kier molecular flexibility index (Phi) is 5.68. The van der Waals surface area contributed by atoms with Crippen molar-refractivity contribution < 1.29 is 13.2 Å². The molecule has 0 saturated heterocycles. The van der Waals surface area contributed by atoms with Crippen molar-refractivity contribution >= 4 is 27.3 Å². The molecule has 0 aliphatic carbocycles.